The van der Waals surface area contributed by atoms with Gasteiger partial charge in [-0.25, -0.2) is 37.3 Å². The van der Waals surface area contributed by atoms with Crippen molar-refractivity contribution in [2.75, 3.05) is 0 Å². The first kappa shape index (κ1) is 29.2. The minimum absolute atomic E-state index is 0. The molecule has 0 aromatic rings. The van der Waals surface area contributed by atoms with Gasteiger partial charge in [-0.15, -0.1) is 20.5 Å². The summed E-state index contributed by atoms with van der Waals surface area (Å²) in [5.41, 5.74) is 0. The van der Waals surface area contributed by atoms with Gasteiger partial charge in [-0.2, -0.15) is 0 Å². The smallest absolute Gasteiger partial charge is 0.412 e. The van der Waals surface area contributed by atoms with Crippen molar-refractivity contribution in [3.63, 3.8) is 0 Å². The van der Waals surface area contributed by atoms with Crippen molar-refractivity contribution in [1.82, 2.24) is 0 Å². The molecular weight excluding hydrogens is 294 g/mol. The summed E-state index contributed by atoms with van der Waals surface area (Å²) in [6, 6.07) is 0. The molecule has 0 fully saturated rings. The molecule has 13 heavy (non-hydrogen) atoms. The van der Waals surface area contributed by atoms with Crippen molar-refractivity contribution in [2.45, 2.75) is 0 Å². The fourth-order valence-electron chi connectivity index (χ4n) is 0. The second-order valence-electron chi connectivity index (χ2n) is 0.756. The van der Waals surface area contributed by atoms with Crippen LogP contribution in [0.25, 0.3) is 0 Å². The Kier molecular flexibility index (Phi) is 24.2. The SMILES string of the molecule is O.O.[Cu+2].[O-][Cl+3]([O-])([O-])[O-].[O-][Cl+3]([O-])([O-])[O-]. The van der Waals surface area contributed by atoms with Crippen molar-refractivity contribution in [3.05, 3.63) is 0 Å². The maximum Gasteiger partial charge on any atom is 2.00 e. The Labute approximate surface area is 86.2 Å². The summed E-state index contributed by atoms with van der Waals surface area (Å²) in [5, 5.41) is 0. The zero-order valence-corrected chi connectivity index (χ0v) is 7.78. The normalized spacial score (nSPS) is 9.23. The van der Waals surface area contributed by atoms with E-state index < -0.39 is 20.5 Å². The zero-order valence-electron chi connectivity index (χ0n) is 5.32. The molecule has 1 radical (unpaired) electrons. The topological polar surface area (TPSA) is 247 Å². The molecule has 89 valence electrons. The Bertz CT molecular complexity index is 55.9. The maximum atomic E-state index is 8.49. The summed E-state index contributed by atoms with van der Waals surface area (Å²) in [6.45, 7) is 0. The molecule has 0 aliphatic rings. The van der Waals surface area contributed by atoms with Crippen molar-refractivity contribution in [2.24, 2.45) is 0 Å². The third-order valence-corrected chi connectivity index (χ3v) is 0. The van der Waals surface area contributed by atoms with Crippen LogP contribution < -0.4 is 37.3 Å². The summed E-state index contributed by atoms with van der Waals surface area (Å²) in [4.78, 5) is 0. The fraction of sp³-hybridized carbons (Fsp3) is 0. The summed E-state index contributed by atoms with van der Waals surface area (Å²) in [5.74, 6) is 0. The molecular formula is H4Cl2CuO10. The fourth-order valence-corrected chi connectivity index (χ4v) is 0. The van der Waals surface area contributed by atoms with Crippen LogP contribution in [0.1, 0.15) is 0 Å². The Balaban J connectivity index is -0.0000000267. The maximum absolute atomic E-state index is 8.49. The predicted molar refractivity (Wildman–Crippen MR) is 7.23 cm³/mol. The van der Waals surface area contributed by atoms with Crippen LogP contribution in [0.15, 0.2) is 0 Å². The minimum atomic E-state index is -4.94. The van der Waals surface area contributed by atoms with Gasteiger partial charge in [-0.1, -0.05) is 0 Å². The Morgan fingerprint density at radius 3 is 0.462 bits per heavy atom. The van der Waals surface area contributed by atoms with E-state index in [2.05, 4.69) is 0 Å². The first-order chi connectivity index (χ1) is 4.00. The van der Waals surface area contributed by atoms with Crippen LogP contribution in [-0.4, -0.2) is 11.0 Å². The van der Waals surface area contributed by atoms with E-state index in [1.54, 1.807) is 0 Å². The molecule has 0 heterocycles. The molecule has 0 amide bonds. The van der Waals surface area contributed by atoms with Gasteiger partial charge >= 0.3 is 17.1 Å². The summed E-state index contributed by atoms with van der Waals surface area (Å²) in [7, 11) is -9.89. The zero-order chi connectivity index (χ0) is 9.00. The number of hydrogen-bond donors (Lipinski definition) is 0. The molecule has 0 bridgehead atoms. The van der Waals surface area contributed by atoms with Gasteiger partial charge in [-0.3, -0.25) is 0 Å². The van der Waals surface area contributed by atoms with E-state index in [0.29, 0.717) is 0 Å². The van der Waals surface area contributed by atoms with E-state index in [1.165, 1.54) is 0 Å². The Hall–Kier alpha value is 0.699. The van der Waals surface area contributed by atoms with Crippen LogP contribution in [0, 0.1) is 20.5 Å². The molecule has 0 spiro atoms. The molecule has 0 aromatic heterocycles. The van der Waals surface area contributed by atoms with Crippen molar-refractivity contribution >= 4 is 0 Å². The van der Waals surface area contributed by atoms with Gasteiger partial charge in [0, 0.05) is 0 Å². The van der Waals surface area contributed by atoms with Gasteiger partial charge < -0.3 is 11.0 Å². The standard InChI is InChI=1S/2ClHO4.Cu.2H2O/c2*2-1(3,4)5;;;/h2*(H,2,3,4,5);;2*1H2/q;;+2;;/p-2. The third-order valence-electron chi connectivity index (χ3n) is 0. The average molecular weight is 298 g/mol. The average Bonchev–Trinajstić information content (AvgIpc) is 1.12. The van der Waals surface area contributed by atoms with E-state index in [-0.39, 0.29) is 28.0 Å². The first-order valence-corrected chi connectivity index (χ1v) is 3.70. The second kappa shape index (κ2) is 10.8. The third kappa shape index (κ3) is 2970. The minimum Gasteiger partial charge on any atom is -0.412 e. The quantitative estimate of drug-likeness (QED) is 0.387. The Morgan fingerprint density at radius 2 is 0.462 bits per heavy atom. The summed E-state index contributed by atoms with van der Waals surface area (Å²) < 4.78 is 67.9. The number of halogens is 2. The van der Waals surface area contributed by atoms with Crippen LogP contribution in [0.5, 0.6) is 0 Å². The molecule has 10 nitrogen and oxygen atoms in total. The van der Waals surface area contributed by atoms with E-state index in [1.807, 2.05) is 0 Å². The van der Waals surface area contributed by atoms with Crippen molar-refractivity contribution in [1.29, 1.82) is 0 Å². The van der Waals surface area contributed by atoms with Crippen LogP contribution >= 0.6 is 0 Å². The largest absolute Gasteiger partial charge is 2.00 e. The molecule has 0 rings (SSSR count). The number of hydrogen-bond acceptors (Lipinski definition) is 8. The van der Waals surface area contributed by atoms with Crippen LogP contribution in [0.3, 0.4) is 0 Å². The first-order valence-electron chi connectivity index (χ1n) is 1.23. The molecule has 4 N–H and O–H groups in total. The molecule has 13 heteroatoms. The summed E-state index contributed by atoms with van der Waals surface area (Å²) in [6.07, 6.45) is 0. The predicted octanol–water partition coefficient (Wildman–Crippen LogP) is -11.2. The second-order valence-corrected chi connectivity index (χ2v) is 2.27. The molecule has 0 aliphatic carbocycles. The van der Waals surface area contributed by atoms with Crippen LogP contribution in [0.2, 0.25) is 0 Å². The monoisotopic (exact) mass is 297 g/mol. The van der Waals surface area contributed by atoms with E-state index >= 15 is 0 Å². The van der Waals surface area contributed by atoms with Crippen LogP contribution in [0.4, 0.5) is 0 Å². The molecule has 0 saturated carbocycles. The molecule has 0 atom stereocenters. The van der Waals surface area contributed by atoms with Gasteiger partial charge in [0.1, 0.15) is 0 Å². The van der Waals surface area contributed by atoms with Gasteiger partial charge in [0.2, 0.25) is 0 Å². The van der Waals surface area contributed by atoms with E-state index in [4.69, 9.17) is 37.3 Å². The molecule has 0 saturated heterocycles. The van der Waals surface area contributed by atoms with Gasteiger partial charge in [0.15, 0.2) is 0 Å². The van der Waals surface area contributed by atoms with Gasteiger partial charge in [0.25, 0.3) is 0 Å². The molecule has 0 unspecified atom stereocenters. The van der Waals surface area contributed by atoms with E-state index in [9.17, 15) is 0 Å². The van der Waals surface area contributed by atoms with E-state index in [0.717, 1.165) is 0 Å². The number of rotatable bonds is 0. The van der Waals surface area contributed by atoms with Gasteiger partial charge in [-0.05, 0) is 0 Å². The molecule has 0 aromatic carbocycles. The van der Waals surface area contributed by atoms with Crippen molar-refractivity contribution in [3.8, 4) is 0 Å². The van der Waals surface area contributed by atoms with Gasteiger partial charge in [0.05, 0.1) is 0 Å². The molecule has 0 aliphatic heterocycles. The Morgan fingerprint density at radius 1 is 0.462 bits per heavy atom. The van der Waals surface area contributed by atoms with Crippen LogP contribution in [-0.2, 0) is 17.1 Å². The van der Waals surface area contributed by atoms with Crippen molar-refractivity contribution < 1.29 is 85.8 Å². The summed E-state index contributed by atoms with van der Waals surface area (Å²) >= 11 is 0.